The number of nitrogen functional groups attached to an aromatic ring is 1. The van der Waals surface area contributed by atoms with Crippen molar-refractivity contribution in [3.63, 3.8) is 0 Å². The minimum atomic E-state index is -0.632. The Balaban J connectivity index is 2.45. The van der Waals surface area contributed by atoms with E-state index in [0.717, 1.165) is 10.2 Å². The summed E-state index contributed by atoms with van der Waals surface area (Å²) < 4.78 is 0. The first kappa shape index (κ1) is 13.8. The maximum atomic E-state index is 12.5. The summed E-state index contributed by atoms with van der Waals surface area (Å²) in [6.07, 6.45) is 1.67. The Bertz CT molecular complexity index is 621. The number of aromatic nitrogens is 1. The highest BCUT2D eigenvalue weighted by Crippen LogP contribution is 2.33. The van der Waals surface area contributed by atoms with Crippen molar-refractivity contribution >= 4 is 33.1 Å². The summed E-state index contributed by atoms with van der Waals surface area (Å²) in [5.74, 6) is -0.195. The molecule has 19 heavy (non-hydrogen) atoms. The van der Waals surface area contributed by atoms with Gasteiger partial charge in [0, 0.05) is 18.6 Å². The molecule has 2 aromatic heterocycles. The van der Waals surface area contributed by atoms with E-state index in [4.69, 9.17) is 5.73 Å². The van der Waals surface area contributed by atoms with Gasteiger partial charge in [-0.1, -0.05) is 0 Å². The minimum absolute atomic E-state index is 0.113. The van der Waals surface area contributed by atoms with Gasteiger partial charge in [0.2, 0.25) is 0 Å². The zero-order chi connectivity index (χ0) is 14.2. The molecule has 2 aromatic rings. The number of nitrogens with zero attached hydrogens (tertiary/aromatic N) is 2. The number of rotatable bonds is 3. The van der Waals surface area contributed by atoms with Gasteiger partial charge in [-0.2, -0.15) is 0 Å². The van der Waals surface area contributed by atoms with E-state index >= 15 is 0 Å². The van der Waals surface area contributed by atoms with Crippen LogP contribution in [0.15, 0.2) is 18.3 Å². The fourth-order valence-electron chi connectivity index (χ4n) is 1.64. The van der Waals surface area contributed by atoms with E-state index in [-0.39, 0.29) is 12.5 Å². The van der Waals surface area contributed by atoms with Crippen LogP contribution in [0.3, 0.4) is 0 Å². The molecule has 2 heterocycles. The zero-order valence-corrected chi connectivity index (χ0v) is 12.0. The first-order chi connectivity index (χ1) is 8.88. The molecule has 0 saturated heterocycles. The highest BCUT2D eigenvalue weighted by Gasteiger charge is 2.30. The molecule has 0 aliphatic carbocycles. The number of aliphatic hydroxyl groups excluding tert-OH is 1. The van der Waals surface area contributed by atoms with Crippen LogP contribution in [-0.4, -0.2) is 40.1 Å². The predicted molar refractivity (Wildman–Crippen MR) is 77.3 cm³/mol. The van der Waals surface area contributed by atoms with Crippen molar-refractivity contribution in [2.45, 2.75) is 19.4 Å². The average Bonchev–Trinajstić information content (AvgIpc) is 2.75. The van der Waals surface area contributed by atoms with Crippen LogP contribution in [0, 0.1) is 0 Å². The van der Waals surface area contributed by atoms with Gasteiger partial charge in [-0.05, 0) is 26.0 Å². The SMILES string of the molecule is CN(C(=O)c1sc2ncccc2c1N)C(C)(C)CO. The summed E-state index contributed by atoms with van der Waals surface area (Å²) in [6, 6.07) is 3.64. The van der Waals surface area contributed by atoms with Gasteiger partial charge in [-0.15, -0.1) is 11.3 Å². The number of pyridine rings is 1. The lowest BCUT2D eigenvalue weighted by molar-refractivity contribution is 0.0479. The third kappa shape index (κ3) is 2.29. The number of carbonyl (C=O) groups excluding carboxylic acids is 1. The van der Waals surface area contributed by atoms with Crippen LogP contribution in [0.4, 0.5) is 5.69 Å². The van der Waals surface area contributed by atoms with Gasteiger partial charge in [0.1, 0.15) is 9.71 Å². The Labute approximate surface area is 115 Å². The topological polar surface area (TPSA) is 79.5 Å². The normalized spacial score (nSPS) is 11.8. The summed E-state index contributed by atoms with van der Waals surface area (Å²) in [7, 11) is 1.66. The Morgan fingerprint density at radius 1 is 1.58 bits per heavy atom. The van der Waals surface area contributed by atoms with Crippen molar-refractivity contribution in [1.82, 2.24) is 9.88 Å². The highest BCUT2D eigenvalue weighted by molar-refractivity contribution is 7.21. The molecule has 6 heteroatoms. The van der Waals surface area contributed by atoms with Crippen LogP contribution in [0.5, 0.6) is 0 Å². The molecule has 0 atom stereocenters. The summed E-state index contributed by atoms with van der Waals surface area (Å²) in [4.78, 5) is 19.4. The van der Waals surface area contributed by atoms with Crippen LogP contribution in [0.25, 0.3) is 10.2 Å². The smallest absolute Gasteiger partial charge is 0.266 e. The van der Waals surface area contributed by atoms with Crippen LogP contribution in [0.1, 0.15) is 23.5 Å². The van der Waals surface area contributed by atoms with Gasteiger partial charge in [0.25, 0.3) is 5.91 Å². The number of likely N-dealkylation sites (N-methyl/N-ethyl adjacent to an activating group) is 1. The number of carbonyl (C=O) groups is 1. The molecule has 0 radical (unpaired) electrons. The lowest BCUT2D eigenvalue weighted by atomic mass is 10.0. The van der Waals surface area contributed by atoms with E-state index in [0.29, 0.717) is 10.6 Å². The summed E-state index contributed by atoms with van der Waals surface area (Å²) in [6.45, 7) is 3.48. The molecule has 0 bridgehead atoms. The van der Waals surface area contributed by atoms with Gasteiger partial charge < -0.3 is 15.7 Å². The quantitative estimate of drug-likeness (QED) is 0.896. The number of anilines is 1. The lowest BCUT2D eigenvalue weighted by Gasteiger charge is -2.33. The summed E-state index contributed by atoms with van der Waals surface area (Å²) in [5, 5.41) is 10.1. The van der Waals surface area contributed by atoms with E-state index in [1.807, 2.05) is 6.07 Å². The van der Waals surface area contributed by atoms with Crippen molar-refractivity contribution < 1.29 is 9.90 Å². The van der Waals surface area contributed by atoms with Crippen LogP contribution < -0.4 is 5.73 Å². The number of thiophene rings is 1. The first-order valence-corrected chi connectivity index (χ1v) is 6.72. The van der Waals surface area contributed by atoms with Crippen molar-refractivity contribution in [1.29, 1.82) is 0 Å². The second-order valence-corrected chi connectivity index (χ2v) is 6.03. The minimum Gasteiger partial charge on any atom is -0.397 e. The molecule has 0 spiro atoms. The zero-order valence-electron chi connectivity index (χ0n) is 11.2. The molecule has 0 saturated carbocycles. The first-order valence-electron chi connectivity index (χ1n) is 5.90. The predicted octanol–water partition coefficient (Wildman–Crippen LogP) is 1.72. The second-order valence-electron chi connectivity index (χ2n) is 5.04. The molecule has 102 valence electrons. The van der Waals surface area contributed by atoms with Crippen LogP contribution >= 0.6 is 11.3 Å². The number of aliphatic hydroxyl groups is 1. The third-order valence-corrected chi connectivity index (χ3v) is 4.42. The molecule has 0 aliphatic rings. The van der Waals surface area contributed by atoms with Gasteiger partial charge >= 0.3 is 0 Å². The monoisotopic (exact) mass is 279 g/mol. The van der Waals surface area contributed by atoms with Gasteiger partial charge in [0.15, 0.2) is 0 Å². The number of hydrogen-bond donors (Lipinski definition) is 2. The van der Waals surface area contributed by atoms with E-state index in [1.54, 1.807) is 33.2 Å². The molecule has 1 amide bonds. The maximum absolute atomic E-state index is 12.5. The molecule has 3 N–H and O–H groups in total. The van der Waals surface area contributed by atoms with E-state index in [9.17, 15) is 9.90 Å². The number of fused-ring (bicyclic) bond motifs is 1. The van der Waals surface area contributed by atoms with E-state index in [1.165, 1.54) is 16.2 Å². The fraction of sp³-hybridized carbons (Fsp3) is 0.385. The molecule has 0 aromatic carbocycles. The number of nitrogens with two attached hydrogens (primary N) is 1. The number of amides is 1. The lowest BCUT2D eigenvalue weighted by Crippen LogP contribution is -2.47. The molecular weight excluding hydrogens is 262 g/mol. The molecular formula is C13H17N3O2S. The largest absolute Gasteiger partial charge is 0.397 e. The highest BCUT2D eigenvalue weighted by atomic mass is 32.1. The Kier molecular flexibility index (Phi) is 3.47. The van der Waals surface area contributed by atoms with E-state index < -0.39 is 5.54 Å². The third-order valence-electron chi connectivity index (χ3n) is 3.30. The molecule has 2 rings (SSSR count). The Morgan fingerprint density at radius 2 is 2.26 bits per heavy atom. The van der Waals surface area contributed by atoms with E-state index in [2.05, 4.69) is 4.98 Å². The van der Waals surface area contributed by atoms with Gasteiger partial charge in [-0.25, -0.2) is 4.98 Å². The van der Waals surface area contributed by atoms with Crippen molar-refractivity contribution in [2.75, 3.05) is 19.4 Å². The van der Waals surface area contributed by atoms with Crippen LogP contribution in [0.2, 0.25) is 0 Å². The summed E-state index contributed by atoms with van der Waals surface area (Å²) in [5.41, 5.74) is 5.85. The fourth-order valence-corrected chi connectivity index (χ4v) is 2.68. The Hall–Kier alpha value is -1.66. The maximum Gasteiger partial charge on any atom is 0.266 e. The molecule has 0 aliphatic heterocycles. The van der Waals surface area contributed by atoms with Gasteiger partial charge in [-0.3, -0.25) is 4.79 Å². The van der Waals surface area contributed by atoms with Crippen LogP contribution in [-0.2, 0) is 0 Å². The Morgan fingerprint density at radius 3 is 2.84 bits per heavy atom. The average molecular weight is 279 g/mol. The standard InChI is InChI=1S/C13H17N3O2S/c1-13(2,7-17)16(3)12(18)10-9(14)8-5-4-6-15-11(8)19-10/h4-6,17H,7,14H2,1-3H3. The summed E-state index contributed by atoms with van der Waals surface area (Å²) >= 11 is 1.28. The molecule has 0 unspecified atom stereocenters. The second kappa shape index (κ2) is 4.79. The number of hydrogen-bond acceptors (Lipinski definition) is 5. The van der Waals surface area contributed by atoms with Gasteiger partial charge in [0.05, 0.1) is 17.8 Å². The van der Waals surface area contributed by atoms with Crippen molar-refractivity contribution in [3.8, 4) is 0 Å². The van der Waals surface area contributed by atoms with Crippen molar-refractivity contribution in [3.05, 3.63) is 23.2 Å². The molecule has 0 fully saturated rings. The molecule has 5 nitrogen and oxygen atoms in total. The van der Waals surface area contributed by atoms with Crippen molar-refractivity contribution in [2.24, 2.45) is 0 Å².